The van der Waals surface area contributed by atoms with Crippen molar-refractivity contribution in [3.8, 4) is 0 Å². The van der Waals surface area contributed by atoms with Gasteiger partial charge in [0.25, 0.3) is 0 Å². The average Bonchev–Trinajstić information content (AvgIpc) is 2.95. The molecule has 0 aromatic heterocycles. The fourth-order valence-corrected chi connectivity index (χ4v) is 2.40. The summed E-state index contributed by atoms with van der Waals surface area (Å²) in [6.45, 7) is 2.92. The lowest BCUT2D eigenvalue weighted by atomic mass is 9.84. The highest BCUT2D eigenvalue weighted by Gasteiger charge is 2.45. The normalized spacial score (nSPS) is 29.4. The summed E-state index contributed by atoms with van der Waals surface area (Å²) in [6, 6.07) is 0. The zero-order chi connectivity index (χ0) is 11.8. The van der Waals surface area contributed by atoms with Crippen LogP contribution in [0, 0.1) is 11.3 Å². The molecule has 1 N–H and O–H groups in total. The van der Waals surface area contributed by atoms with E-state index in [2.05, 4.69) is 0 Å². The molecule has 1 heterocycles. The number of hydrogen-bond acceptors (Lipinski definition) is 2. The van der Waals surface area contributed by atoms with Gasteiger partial charge in [-0.05, 0) is 31.6 Å². The first-order valence-corrected chi connectivity index (χ1v) is 6.08. The fraction of sp³-hybridized carbons (Fsp3) is 0.833. The number of likely N-dealkylation sites (tertiary alicyclic amines) is 1. The van der Waals surface area contributed by atoms with Crippen LogP contribution in [0.25, 0.3) is 0 Å². The molecule has 1 saturated carbocycles. The van der Waals surface area contributed by atoms with Gasteiger partial charge in [0.05, 0.1) is 5.41 Å². The molecule has 2 rings (SSSR count). The molecular weight excluding hydrogens is 206 g/mol. The highest BCUT2D eigenvalue weighted by Crippen LogP contribution is 2.37. The Bertz CT molecular complexity index is 311. The van der Waals surface area contributed by atoms with E-state index < -0.39 is 11.4 Å². The van der Waals surface area contributed by atoms with Gasteiger partial charge in [0, 0.05) is 19.5 Å². The molecule has 1 atom stereocenters. The molecule has 0 radical (unpaired) electrons. The Labute approximate surface area is 95.6 Å². The van der Waals surface area contributed by atoms with Crippen LogP contribution in [0.3, 0.4) is 0 Å². The SMILES string of the molecule is CCC1(C(=O)O)CCN(C(=O)CC2CC2)C1. The third-order valence-electron chi connectivity index (χ3n) is 4.00. The van der Waals surface area contributed by atoms with Gasteiger partial charge in [-0.1, -0.05) is 6.92 Å². The van der Waals surface area contributed by atoms with E-state index in [4.69, 9.17) is 0 Å². The molecule has 2 aliphatic rings. The van der Waals surface area contributed by atoms with Gasteiger partial charge < -0.3 is 10.0 Å². The van der Waals surface area contributed by atoms with Gasteiger partial charge in [0.1, 0.15) is 0 Å². The Kier molecular flexibility index (Phi) is 2.91. The van der Waals surface area contributed by atoms with E-state index in [0.717, 1.165) is 12.8 Å². The molecular formula is C12H19NO3. The lowest BCUT2D eigenvalue weighted by molar-refractivity contribution is -0.148. The number of carboxylic acid groups (broad SMARTS) is 1. The number of nitrogens with zero attached hydrogens (tertiary/aromatic N) is 1. The summed E-state index contributed by atoms with van der Waals surface area (Å²) in [6.07, 6.45) is 4.17. The maximum absolute atomic E-state index is 11.9. The maximum atomic E-state index is 11.9. The molecule has 2 fully saturated rings. The fourth-order valence-electron chi connectivity index (χ4n) is 2.40. The molecule has 0 aromatic carbocycles. The first-order valence-electron chi connectivity index (χ1n) is 6.08. The van der Waals surface area contributed by atoms with Crippen LogP contribution in [0.4, 0.5) is 0 Å². The van der Waals surface area contributed by atoms with Crippen LogP contribution in [-0.2, 0) is 9.59 Å². The number of hydrogen-bond donors (Lipinski definition) is 1. The molecule has 16 heavy (non-hydrogen) atoms. The Hall–Kier alpha value is -1.06. The van der Waals surface area contributed by atoms with E-state index in [-0.39, 0.29) is 5.91 Å². The smallest absolute Gasteiger partial charge is 0.311 e. The minimum absolute atomic E-state index is 0.152. The summed E-state index contributed by atoms with van der Waals surface area (Å²) >= 11 is 0. The van der Waals surface area contributed by atoms with Gasteiger partial charge >= 0.3 is 5.97 Å². The Morgan fingerprint density at radius 1 is 1.44 bits per heavy atom. The van der Waals surface area contributed by atoms with E-state index in [1.807, 2.05) is 6.92 Å². The molecule has 4 heteroatoms. The largest absolute Gasteiger partial charge is 0.481 e. The summed E-state index contributed by atoms with van der Waals surface area (Å²) < 4.78 is 0. The number of carboxylic acids is 1. The predicted molar refractivity (Wildman–Crippen MR) is 58.9 cm³/mol. The van der Waals surface area contributed by atoms with Crippen molar-refractivity contribution in [2.45, 2.75) is 39.0 Å². The van der Waals surface area contributed by atoms with Crippen molar-refractivity contribution in [1.82, 2.24) is 4.90 Å². The van der Waals surface area contributed by atoms with Crippen LogP contribution >= 0.6 is 0 Å². The minimum atomic E-state index is -0.753. The molecule has 1 amide bonds. The van der Waals surface area contributed by atoms with Crippen molar-refractivity contribution < 1.29 is 14.7 Å². The standard InChI is InChI=1S/C12H19NO3/c1-2-12(11(15)16)5-6-13(8-12)10(14)7-9-3-4-9/h9H,2-8H2,1H3,(H,15,16). The zero-order valence-electron chi connectivity index (χ0n) is 9.74. The molecule has 1 aliphatic heterocycles. The number of carbonyl (C=O) groups excluding carboxylic acids is 1. The van der Waals surface area contributed by atoms with E-state index in [1.165, 1.54) is 0 Å². The van der Waals surface area contributed by atoms with Crippen molar-refractivity contribution in [3.05, 3.63) is 0 Å². The van der Waals surface area contributed by atoms with Crippen molar-refractivity contribution in [2.24, 2.45) is 11.3 Å². The summed E-state index contributed by atoms with van der Waals surface area (Å²) in [5, 5.41) is 9.22. The van der Waals surface area contributed by atoms with Gasteiger partial charge in [-0.15, -0.1) is 0 Å². The van der Waals surface area contributed by atoms with Crippen molar-refractivity contribution in [2.75, 3.05) is 13.1 Å². The second-order valence-electron chi connectivity index (χ2n) is 5.15. The highest BCUT2D eigenvalue weighted by molar-refractivity contribution is 5.81. The Morgan fingerprint density at radius 3 is 2.56 bits per heavy atom. The van der Waals surface area contributed by atoms with E-state index in [9.17, 15) is 14.7 Å². The topological polar surface area (TPSA) is 57.6 Å². The number of amides is 1. The lowest BCUT2D eigenvalue weighted by Gasteiger charge is -2.23. The molecule has 1 saturated heterocycles. The second-order valence-corrected chi connectivity index (χ2v) is 5.15. The number of aliphatic carboxylic acids is 1. The van der Waals surface area contributed by atoms with E-state index >= 15 is 0 Å². The quantitative estimate of drug-likeness (QED) is 0.788. The molecule has 0 spiro atoms. The van der Waals surface area contributed by atoms with Crippen molar-refractivity contribution >= 4 is 11.9 Å². The third-order valence-corrected chi connectivity index (χ3v) is 4.00. The summed E-state index contributed by atoms with van der Waals surface area (Å²) in [5.41, 5.74) is -0.681. The Balaban J connectivity index is 1.95. The van der Waals surface area contributed by atoms with Crippen LogP contribution in [0.15, 0.2) is 0 Å². The van der Waals surface area contributed by atoms with Crippen molar-refractivity contribution in [3.63, 3.8) is 0 Å². The molecule has 1 unspecified atom stereocenters. The third kappa shape index (κ3) is 2.06. The molecule has 4 nitrogen and oxygen atoms in total. The number of carbonyl (C=O) groups is 2. The predicted octanol–water partition coefficient (Wildman–Crippen LogP) is 1.50. The first-order chi connectivity index (χ1) is 7.57. The van der Waals surface area contributed by atoms with Crippen LogP contribution in [-0.4, -0.2) is 35.0 Å². The van der Waals surface area contributed by atoms with Gasteiger partial charge in [-0.25, -0.2) is 0 Å². The van der Waals surface area contributed by atoms with Crippen LogP contribution in [0.2, 0.25) is 0 Å². The Morgan fingerprint density at radius 2 is 2.12 bits per heavy atom. The maximum Gasteiger partial charge on any atom is 0.311 e. The second kappa shape index (κ2) is 4.07. The summed E-state index contributed by atoms with van der Waals surface area (Å²) in [7, 11) is 0. The van der Waals surface area contributed by atoms with Gasteiger partial charge in [0.2, 0.25) is 5.91 Å². The monoisotopic (exact) mass is 225 g/mol. The summed E-state index contributed by atoms with van der Waals surface area (Å²) in [5.74, 6) is -0.0234. The van der Waals surface area contributed by atoms with Gasteiger partial charge in [-0.2, -0.15) is 0 Å². The van der Waals surface area contributed by atoms with E-state index in [0.29, 0.717) is 38.3 Å². The first kappa shape index (κ1) is 11.4. The minimum Gasteiger partial charge on any atom is -0.481 e. The average molecular weight is 225 g/mol. The molecule has 0 bridgehead atoms. The molecule has 90 valence electrons. The van der Waals surface area contributed by atoms with Crippen molar-refractivity contribution in [1.29, 1.82) is 0 Å². The molecule has 1 aliphatic carbocycles. The van der Waals surface area contributed by atoms with E-state index in [1.54, 1.807) is 4.90 Å². The van der Waals surface area contributed by atoms with Crippen LogP contribution in [0.1, 0.15) is 39.0 Å². The summed E-state index contributed by atoms with van der Waals surface area (Å²) in [4.78, 5) is 24.8. The van der Waals surface area contributed by atoms with Gasteiger partial charge in [0.15, 0.2) is 0 Å². The van der Waals surface area contributed by atoms with Crippen LogP contribution in [0.5, 0.6) is 0 Å². The lowest BCUT2D eigenvalue weighted by Crippen LogP contribution is -2.36. The molecule has 0 aromatic rings. The van der Waals surface area contributed by atoms with Gasteiger partial charge in [-0.3, -0.25) is 9.59 Å². The zero-order valence-corrected chi connectivity index (χ0v) is 9.74. The highest BCUT2D eigenvalue weighted by atomic mass is 16.4. The number of rotatable bonds is 4. The van der Waals surface area contributed by atoms with Crippen LogP contribution < -0.4 is 0 Å².